The Bertz CT molecular complexity index is 1470. The Kier molecular flexibility index (Phi) is 5.45. The van der Waals surface area contributed by atoms with Gasteiger partial charge in [0.2, 0.25) is 0 Å². The summed E-state index contributed by atoms with van der Waals surface area (Å²) in [6.07, 6.45) is 1.32. The van der Waals surface area contributed by atoms with Gasteiger partial charge in [0.15, 0.2) is 11.4 Å². The zero-order chi connectivity index (χ0) is 23.5. The Morgan fingerprint density at radius 2 is 1.56 bits per heavy atom. The molecule has 2 aromatic heterocycles. The van der Waals surface area contributed by atoms with E-state index in [0.717, 1.165) is 16.6 Å². The molecule has 0 aliphatic rings. The molecule has 0 atom stereocenters. The maximum absolute atomic E-state index is 12.5. The fraction of sp³-hybridized carbons (Fsp3) is 0.0417. The Morgan fingerprint density at radius 3 is 2.35 bits per heavy atom. The van der Waals surface area contributed by atoms with E-state index >= 15 is 0 Å². The lowest BCUT2D eigenvalue weighted by Gasteiger charge is -2.08. The third-order valence-electron chi connectivity index (χ3n) is 5.19. The first kappa shape index (κ1) is 20.9. The van der Waals surface area contributed by atoms with Gasteiger partial charge in [0, 0.05) is 5.56 Å². The van der Waals surface area contributed by atoms with Crippen LogP contribution in [0.3, 0.4) is 0 Å². The van der Waals surface area contributed by atoms with Gasteiger partial charge in [0.1, 0.15) is 5.52 Å². The second kappa shape index (κ2) is 8.87. The van der Waals surface area contributed by atoms with Crippen molar-refractivity contribution in [1.82, 2.24) is 35.6 Å². The Hall–Kier alpha value is -4.99. The van der Waals surface area contributed by atoms with Crippen molar-refractivity contribution in [3.63, 3.8) is 0 Å². The average Bonchev–Trinajstić information content (AvgIpc) is 3.47. The van der Waals surface area contributed by atoms with E-state index in [1.807, 2.05) is 42.5 Å². The van der Waals surface area contributed by atoms with E-state index in [1.54, 1.807) is 41.1 Å². The third kappa shape index (κ3) is 4.19. The lowest BCUT2D eigenvalue weighted by molar-refractivity contribution is 0.0842. The standard InChI is InChI=1S/C24H19N7O3/c32-21-15-30(18-6-2-1-3-7-18)28-22(21)24(34)27-26-23(33)17-12-10-16(11-13-17)14-31-20-9-5-4-8-19(20)25-29-31/h1-13,15,32H,14H2,(H,26,33)(H,27,34). The number of para-hydroxylation sites is 2. The van der Waals surface area contributed by atoms with Crippen molar-refractivity contribution in [1.29, 1.82) is 0 Å². The van der Waals surface area contributed by atoms with Crippen LogP contribution in [0.5, 0.6) is 5.75 Å². The zero-order valence-electron chi connectivity index (χ0n) is 17.8. The number of nitrogens with zero attached hydrogens (tertiary/aromatic N) is 5. The summed E-state index contributed by atoms with van der Waals surface area (Å²) in [5.74, 6) is -1.55. The number of aromatic hydroxyl groups is 1. The number of rotatable bonds is 5. The Balaban J connectivity index is 1.21. The van der Waals surface area contributed by atoms with E-state index < -0.39 is 11.8 Å². The predicted octanol–water partition coefficient (Wildman–Crippen LogP) is 2.45. The number of carbonyl (C=O) groups excluding carboxylic acids is 2. The summed E-state index contributed by atoms with van der Waals surface area (Å²) in [5, 5.41) is 22.5. The molecule has 0 radical (unpaired) electrons. The van der Waals surface area contributed by atoms with Gasteiger partial charge in [0.05, 0.1) is 23.9 Å². The number of carbonyl (C=O) groups is 2. The van der Waals surface area contributed by atoms with Crippen molar-refractivity contribution in [2.24, 2.45) is 0 Å². The number of hydrazine groups is 1. The molecule has 0 spiro atoms. The summed E-state index contributed by atoms with van der Waals surface area (Å²) in [6.45, 7) is 0.502. The molecule has 3 N–H and O–H groups in total. The molecule has 2 amide bonds. The molecule has 5 rings (SSSR count). The monoisotopic (exact) mass is 453 g/mol. The lowest BCUT2D eigenvalue weighted by Crippen LogP contribution is -2.41. The van der Waals surface area contributed by atoms with Gasteiger partial charge in [-0.2, -0.15) is 5.10 Å². The van der Waals surface area contributed by atoms with Crippen molar-refractivity contribution >= 4 is 22.8 Å². The molecule has 0 saturated carbocycles. The number of benzene rings is 3. The summed E-state index contributed by atoms with van der Waals surface area (Å²) in [4.78, 5) is 24.9. The van der Waals surface area contributed by atoms with E-state index in [0.29, 0.717) is 17.8 Å². The molecule has 5 aromatic rings. The van der Waals surface area contributed by atoms with Crippen molar-refractivity contribution in [2.75, 3.05) is 0 Å². The van der Waals surface area contributed by atoms with Crippen LogP contribution in [0.25, 0.3) is 16.7 Å². The van der Waals surface area contributed by atoms with Gasteiger partial charge in [-0.3, -0.25) is 20.4 Å². The number of fused-ring (bicyclic) bond motifs is 1. The van der Waals surface area contributed by atoms with Crippen molar-refractivity contribution in [3.8, 4) is 11.4 Å². The van der Waals surface area contributed by atoms with E-state index in [1.165, 1.54) is 10.9 Å². The first-order valence-corrected chi connectivity index (χ1v) is 10.4. The molecule has 34 heavy (non-hydrogen) atoms. The summed E-state index contributed by atoms with van der Waals surface area (Å²) in [6, 6.07) is 23.6. The summed E-state index contributed by atoms with van der Waals surface area (Å²) in [5.41, 5.74) is 8.11. The topological polar surface area (TPSA) is 127 Å². The molecule has 0 aliphatic heterocycles. The van der Waals surface area contributed by atoms with Crippen LogP contribution in [0.4, 0.5) is 0 Å². The largest absolute Gasteiger partial charge is 0.504 e. The van der Waals surface area contributed by atoms with Gasteiger partial charge in [-0.1, -0.05) is 47.7 Å². The highest BCUT2D eigenvalue weighted by Crippen LogP contribution is 2.18. The Morgan fingerprint density at radius 1 is 0.853 bits per heavy atom. The summed E-state index contributed by atoms with van der Waals surface area (Å²) >= 11 is 0. The lowest BCUT2D eigenvalue weighted by atomic mass is 10.1. The number of hydrogen-bond donors (Lipinski definition) is 3. The average molecular weight is 453 g/mol. The molecule has 0 saturated heterocycles. The summed E-state index contributed by atoms with van der Waals surface area (Å²) < 4.78 is 3.16. The maximum atomic E-state index is 12.5. The first-order chi connectivity index (χ1) is 16.6. The van der Waals surface area contributed by atoms with Crippen LogP contribution in [-0.4, -0.2) is 41.7 Å². The quantitative estimate of drug-likeness (QED) is 0.351. The van der Waals surface area contributed by atoms with Gasteiger partial charge in [-0.25, -0.2) is 9.36 Å². The van der Waals surface area contributed by atoms with Crippen molar-refractivity contribution in [3.05, 3.63) is 102 Å². The van der Waals surface area contributed by atoms with E-state index in [2.05, 4.69) is 26.3 Å². The van der Waals surface area contributed by atoms with Gasteiger partial charge < -0.3 is 5.11 Å². The molecule has 10 heteroatoms. The molecule has 0 bridgehead atoms. The highest BCUT2D eigenvalue weighted by Gasteiger charge is 2.18. The predicted molar refractivity (Wildman–Crippen MR) is 123 cm³/mol. The van der Waals surface area contributed by atoms with Crippen LogP contribution < -0.4 is 10.9 Å². The highest BCUT2D eigenvalue weighted by atomic mass is 16.3. The number of nitrogens with one attached hydrogen (secondary N) is 2. The van der Waals surface area contributed by atoms with Crippen LogP contribution in [0.15, 0.2) is 85.1 Å². The van der Waals surface area contributed by atoms with Crippen molar-refractivity contribution in [2.45, 2.75) is 6.54 Å². The van der Waals surface area contributed by atoms with Gasteiger partial charge >= 0.3 is 0 Å². The molecule has 168 valence electrons. The van der Waals surface area contributed by atoms with Crippen molar-refractivity contribution < 1.29 is 14.7 Å². The molecule has 10 nitrogen and oxygen atoms in total. The molecule has 0 aliphatic carbocycles. The van der Waals surface area contributed by atoms with Crippen LogP contribution in [-0.2, 0) is 6.54 Å². The minimum atomic E-state index is -0.741. The molecule has 3 aromatic carbocycles. The minimum absolute atomic E-state index is 0.209. The highest BCUT2D eigenvalue weighted by molar-refractivity contribution is 5.99. The number of amides is 2. The maximum Gasteiger partial charge on any atom is 0.294 e. The van der Waals surface area contributed by atoms with Gasteiger partial charge in [-0.05, 0) is 42.0 Å². The minimum Gasteiger partial charge on any atom is -0.504 e. The first-order valence-electron chi connectivity index (χ1n) is 10.4. The fourth-order valence-corrected chi connectivity index (χ4v) is 3.45. The van der Waals surface area contributed by atoms with Crippen LogP contribution in [0.2, 0.25) is 0 Å². The number of hydrogen-bond acceptors (Lipinski definition) is 6. The molecule has 2 heterocycles. The second-order valence-electron chi connectivity index (χ2n) is 7.48. The molecule has 0 fully saturated rings. The SMILES string of the molecule is O=C(NNC(=O)c1nn(-c2ccccc2)cc1O)c1ccc(Cn2nnc3ccccc32)cc1. The molecular weight excluding hydrogens is 434 g/mol. The molecule has 0 unspecified atom stereocenters. The van der Waals surface area contributed by atoms with Crippen LogP contribution in [0, 0.1) is 0 Å². The van der Waals surface area contributed by atoms with Gasteiger partial charge in [0.25, 0.3) is 11.8 Å². The van der Waals surface area contributed by atoms with E-state index in [4.69, 9.17) is 0 Å². The molecular formula is C24H19N7O3. The van der Waals surface area contributed by atoms with Crippen LogP contribution >= 0.6 is 0 Å². The Labute approximate surface area is 193 Å². The third-order valence-corrected chi connectivity index (χ3v) is 5.19. The van der Waals surface area contributed by atoms with E-state index in [9.17, 15) is 14.7 Å². The zero-order valence-corrected chi connectivity index (χ0v) is 17.8. The van der Waals surface area contributed by atoms with Gasteiger partial charge in [-0.15, -0.1) is 5.10 Å². The summed E-state index contributed by atoms with van der Waals surface area (Å²) in [7, 11) is 0. The normalized spacial score (nSPS) is 10.8. The van der Waals surface area contributed by atoms with E-state index in [-0.39, 0.29) is 11.4 Å². The van der Waals surface area contributed by atoms with Crippen LogP contribution in [0.1, 0.15) is 26.4 Å². The smallest absolute Gasteiger partial charge is 0.294 e. The second-order valence-corrected chi connectivity index (χ2v) is 7.48. The number of aromatic nitrogens is 5. The fourth-order valence-electron chi connectivity index (χ4n) is 3.45.